The average Bonchev–Trinajstić information content (AvgIpc) is 2.79. The molecule has 0 bridgehead atoms. The Morgan fingerprint density at radius 1 is 1.19 bits per heavy atom. The van der Waals surface area contributed by atoms with Crippen molar-refractivity contribution in [2.75, 3.05) is 12.8 Å². The Bertz CT molecular complexity index is 769. The number of fused-ring (bicyclic) bond motifs is 1. The topological polar surface area (TPSA) is 55.3 Å². The van der Waals surface area contributed by atoms with Gasteiger partial charge in [-0.1, -0.05) is 28.1 Å². The van der Waals surface area contributed by atoms with Crippen molar-refractivity contribution in [2.45, 2.75) is 13.1 Å². The lowest BCUT2D eigenvalue weighted by Gasteiger charge is -2.14. The molecule has 0 aliphatic rings. The van der Waals surface area contributed by atoms with E-state index in [2.05, 4.69) is 37.9 Å². The van der Waals surface area contributed by atoms with Crippen molar-refractivity contribution in [3.8, 4) is 0 Å². The summed E-state index contributed by atoms with van der Waals surface area (Å²) in [7, 11) is 2.05. The Balaban J connectivity index is 1.72. The third-order valence-corrected chi connectivity index (χ3v) is 3.70. The van der Waals surface area contributed by atoms with Gasteiger partial charge >= 0.3 is 0 Å². The molecule has 0 amide bonds. The van der Waals surface area contributed by atoms with Crippen LogP contribution >= 0.6 is 15.9 Å². The Labute approximate surface area is 131 Å². The maximum Gasteiger partial charge on any atom is 0.209 e. The van der Waals surface area contributed by atoms with E-state index in [9.17, 15) is 0 Å². The highest BCUT2D eigenvalue weighted by molar-refractivity contribution is 9.10. The summed E-state index contributed by atoms with van der Waals surface area (Å²) in [6.07, 6.45) is 0. The fourth-order valence-corrected chi connectivity index (χ4v) is 2.74. The molecule has 0 radical (unpaired) electrons. The van der Waals surface area contributed by atoms with E-state index in [0.29, 0.717) is 18.1 Å². The SMILES string of the molecule is CN(Cc1cccc(Br)c1)Cc1nc2ccc(N)cc2o1. The Kier molecular flexibility index (Phi) is 3.94. The molecule has 3 aromatic rings. The van der Waals surface area contributed by atoms with E-state index in [0.717, 1.165) is 22.1 Å². The lowest BCUT2D eigenvalue weighted by Crippen LogP contribution is -2.17. The molecule has 0 aliphatic carbocycles. The van der Waals surface area contributed by atoms with Crippen molar-refractivity contribution in [2.24, 2.45) is 0 Å². The van der Waals surface area contributed by atoms with Crippen molar-refractivity contribution in [1.82, 2.24) is 9.88 Å². The molecule has 0 saturated heterocycles. The highest BCUT2D eigenvalue weighted by Crippen LogP contribution is 2.20. The molecule has 4 nitrogen and oxygen atoms in total. The summed E-state index contributed by atoms with van der Waals surface area (Å²) >= 11 is 3.49. The van der Waals surface area contributed by atoms with Gasteiger partial charge in [-0.15, -0.1) is 0 Å². The van der Waals surface area contributed by atoms with Crippen LogP contribution in [0, 0.1) is 0 Å². The van der Waals surface area contributed by atoms with Crippen molar-refractivity contribution in [3.63, 3.8) is 0 Å². The van der Waals surface area contributed by atoms with Gasteiger partial charge in [0.05, 0.1) is 6.54 Å². The van der Waals surface area contributed by atoms with Crippen LogP contribution in [0.25, 0.3) is 11.1 Å². The van der Waals surface area contributed by atoms with Gasteiger partial charge in [-0.25, -0.2) is 4.98 Å². The summed E-state index contributed by atoms with van der Waals surface area (Å²) in [6, 6.07) is 13.8. The van der Waals surface area contributed by atoms with Crippen LogP contribution in [0.15, 0.2) is 51.4 Å². The zero-order valence-electron chi connectivity index (χ0n) is 11.7. The molecule has 2 aromatic carbocycles. The fraction of sp³-hybridized carbons (Fsp3) is 0.188. The summed E-state index contributed by atoms with van der Waals surface area (Å²) in [6.45, 7) is 1.49. The quantitative estimate of drug-likeness (QED) is 0.730. The van der Waals surface area contributed by atoms with Crippen LogP contribution in [0.2, 0.25) is 0 Å². The summed E-state index contributed by atoms with van der Waals surface area (Å²) in [5.41, 5.74) is 9.26. The van der Waals surface area contributed by atoms with Gasteiger partial charge in [-0.3, -0.25) is 4.90 Å². The predicted molar refractivity (Wildman–Crippen MR) is 87.7 cm³/mol. The normalized spacial score (nSPS) is 11.4. The van der Waals surface area contributed by atoms with Gasteiger partial charge in [-0.05, 0) is 36.9 Å². The van der Waals surface area contributed by atoms with Crippen LogP contribution < -0.4 is 5.73 Å². The highest BCUT2D eigenvalue weighted by atomic mass is 79.9. The summed E-state index contributed by atoms with van der Waals surface area (Å²) in [4.78, 5) is 6.64. The van der Waals surface area contributed by atoms with Crippen LogP contribution in [0.4, 0.5) is 5.69 Å². The Morgan fingerprint density at radius 2 is 2.05 bits per heavy atom. The molecule has 1 heterocycles. The fourth-order valence-electron chi connectivity index (χ4n) is 2.29. The molecule has 1 aromatic heterocycles. The van der Waals surface area contributed by atoms with Gasteiger partial charge in [0.1, 0.15) is 5.52 Å². The molecule has 5 heteroatoms. The lowest BCUT2D eigenvalue weighted by molar-refractivity contribution is 0.285. The minimum absolute atomic E-state index is 0.654. The number of nitrogen functional groups attached to an aromatic ring is 1. The number of anilines is 1. The third kappa shape index (κ3) is 3.43. The van der Waals surface area contributed by atoms with E-state index >= 15 is 0 Å². The third-order valence-electron chi connectivity index (χ3n) is 3.20. The van der Waals surface area contributed by atoms with Crippen LogP contribution in [0.3, 0.4) is 0 Å². The molecule has 0 aliphatic heterocycles. The van der Waals surface area contributed by atoms with Crippen LogP contribution in [0.1, 0.15) is 11.5 Å². The van der Waals surface area contributed by atoms with E-state index in [4.69, 9.17) is 10.2 Å². The molecule has 0 spiro atoms. The van der Waals surface area contributed by atoms with E-state index < -0.39 is 0 Å². The number of nitrogens with zero attached hydrogens (tertiary/aromatic N) is 2. The predicted octanol–water partition coefficient (Wildman–Crippen LogP) is 3.80. The number of oxazole rings is 1. The smallest absolute Gasteiger partial charge is 0.209 e. The molecule has 21 heavy (non-hydrogen) atoms. The minimum Gasteiger partial charge on any atom is -0.439 e. The number of nitrogens with two attached hydrogens (primary N) is 1. The zero-order chi connectivity index (χ0) is 14.8. The van der Waals surface area contributed by atoms with Gasteiger partial charge in [-0.2, -0.15) is 0 Å². The molecule has 3 rings (SSSR count). The van der Waals surface area contributed by atoms with Crippen molar-refractivity contribution < 1.29 is 4.42 Å². The summed E-state index contributed by atoms with van der Waals surface area (Å²) in [5.74, 6) is 0.702. The van der Waals surface area contributed by atoms with Crippen molar-refractivity contribution >= 4 is 32.7 Å². The summed E-state index contributed by atoms with van der Waals surface area (Å²) in [5, 5.41) is 0. The Hall–Kier alpha value is -1.85. The molecule has 0 atom stereocenters. The van der Waals surface area contributed by atoms with E-state index in [1.165, 1.54) is 5.56 Å². The van der Waals surface area contributed by atoms with E-state index in [1.54, 1.807) is 6.07 Å². The summed E-state index contributed by atoms with van der Waals surface area (Å²) < 4.78 is 6.83. The Morgan fingerprint density at radius 3 is 2.86 bits per heavy atom. The minimum atomic E-state index is 0.654. The molecule has 0 fully saturated rings. The monoisotopic (exact) mass is 345 g/mol. The largest absolute Gasteiger partial charge is 0.439 e. The first-order valence-electron chi connectivity index (χ1n) is 6.68. The molecular weight excluding hydrogens is 330 g/mol. The van der Waals surface area contributed by atoms with E-state index in [1.807, 2.05) is 31.3 Å². The maximum absolute atomic E-state index is 5.75. The number of benzene rings is 2. The number of halogens is 1. The standard InChI is InChI=1S/C16H16BrN3O/c1-20(9-11-3-2-4-12(17)7-11)10-16-19-14-6-5-13(18)8-15(14)21-16/h2-8H,9-10,18H2,1H3. The second kappa shape index (κ2) is 5.87. The van der Waals surface area contributed by atoms with Gasteiger partial charge in [0.25, 0.3) is 0 Å². The maximum atomic E-state index is 5.75. The average molecular weight is 346 g/mol. The highest BCUT2D eigenvalue weighted by Gasteiger charge is 2.09. The van der Waals surface area contributed by atoms with Crippen molar-refractivity contribution in [3.05, 3.63) is 58.4 Å². The van der Waals surface area contributed by atoms with Gasteiger partial charge in [0.15, 0.2) is 5.58 Å². The number of aromatic nitrogens is 1. The number of rotatable bonds is 4. The van der Waals surface area contributed by atoms with Gasteiger partial charge in [0.2, 0.25) is 5.89 Å². The molecule has 0 unspecified atom stereocenters. The number of hydrogen-bond acceptors (Lipinski definition) is 4. The number of hydrogen-bond donors (Lipinski definition) is 1. The first kappa shape index (κ1) is 14.1. The van der Waals surface area contributed by atoms with Crippen molar-refractivity contribution in [1.29, 1.82) is 0 Å². The van der Waals surface area contributed by atoms with E-state index in [-0.39, 0.29) is 0 Å². The van der Waals surface area contributed by atoms with Gasteiger partial charge < -0.3 is 10.2 Å². The molecule has 0 saturated carbocycles. The molecule has 108 valence electrons. The molecule has 2 N–H and O–H groups in total. The first-order valence-corrected chi connectivity index (χ1v) is 7.47. The van der Waals surface area contributed by atoms with Crippen LogP contribution in [-0.4, -0.2) is 16.9 Å². The van der Waals surface area contributed by atoms with Crippen LogP contribution in [-0.2, 0) is 13.1 Å². The first-order chi connectivity index (χ1) is 10.1. The zero-order valence-corrected chi connectivity index (χ0v) is 13.3. The second-order valence-electron chi connectivity index (χ2n) is 5.14. The van der Waals surface area contributed by atoms with Crippen LogP contribution in [0.5, 0.6) is 0 Å². The second-order valence-corrected chi connectivity index (χ2v) is 6.05. The molecular formula is C16H16BrN3O. The van der Waals surface area contributed by atoms with Gasteiger partial charge in [0, 0.05) is 22.8 Å². The lowest BCUT2D eigenvalue weighted by atomic mass is 10.2.